The normalized spacial score (nSPS) is 25.5. The van der Waals surface area contributed by atoms with Gasteiger partial charge in [0.05, 0.1) is 11.1 Å². The lowest BCUT2D eigenvalue weighted by Gasteiger charge is -2.34. The van der Waals surface area contributed by atoms with Gasteiger partial charge in [-0.2, -0.15) is 0 Å². The molecular weight excluding hydrogens is 400 g/mol. The number of H-pyrrole nitrogens is 1. The summed E-state index contributed by atoms with van der Waals surface area (Å²) in [5, 5.41) is 3.36. The summed E-state index contributed by atoms with van der Waals surface area (Å²) < 4.78 is 0. The Morgan fingerprint density at radius 3 is 2.53 bits per heavy atom. The number of aromatic amines is 1. The smallest absolute Gasteiger partial charge is 0.254 e. The highest BCUT2D eigenvalue weighted by molar-refractivity contribution is 6.04. The third kappa shape index (κ3) is 3.45. The third-order valence-electron chi connectivity index (χ3n) is 7.77. The first kappa shape index (κ1) is 19.7. The summed E-state index contributed by atoms with van der Waals surface area (Å²) in [6, 6.07) is 10.3. The standard InChI is InChI=1S/C25H30N6O/c1-30-12-14-31(15-13-30)19-4-2-18(3-5-19)22-27-21-20(8-11-26-23(21)28-22)24(32)29-25-9-6-17(16-25)7-10-25/h2-5,8,11,17H,6-7,9-10,12-16H2,1H3,(H,29,32)(H,26,27,28). The van der Waals surface area contributed by atoms with Crippen LogP contribution < -0.4 is 10.2 Å². The Balaban J connectivity index is 1.25. The highest BCUT2D eigenvalue weighted by Gasteiger charge is 2.45. The van der Waals surface area contributed by atoms with E-state index < -0.39 is 0 Å². The monoisotopic (exact) mass is 430 g/mol. The van der Waals surface area contributed by atoms with Crippen LogP contribution in [0.5, 0.6) is 0 Å². The van der Waals surface area contributed by atoms with E-state index in [0.29, 0.717) is 16.7 Å². The van der Waals surface area contributed by atoms with Crippen LogP contribution in [0.2, 0.25) is 0 Å². The summed E-state index contributed by atoms with van der Waals surface area (Å²) in [6.45, 7) is 4.27. The fourth-order valence-corrected chi connectivity index (χ4v) is 5.81. The van der Waals surface area contributed by atoms with Crippen LogP contribution in [0.4, 0.5) is 5.69 Å². The zero-order valence-electron chi connectivity index (χ0n) is 18.6. The van der Waals surface area contributed by atoms with Gasteiger partial charge >= 0.3 is 0 Å². The maximum absolute atomic E-state index is 13.2. The predicted octanol–water partition coefficient (Wildman–Crippen LogP) is 3.44. The van der Waals surface area contributed by atoms with Crippen LogP contribution in [0.1, 0.15) is 42.5 Å². The third-order valence-corrected chi connectivity index (χ3v) is 7.77. The number of rotatable bonds is 4. The largest absolute Gasteiger partial charge is 0.369 e. The molecule has 2 aliphatic carbocycles. The minimum Gasteiger partial charge on any atom is -0.369 e. The number of nitrogens with one attached hydrogen (secondary N) is 2. The second-order valence-corrected chi connectivity index (χ2v) is 9.86. The van der Waals surface area contributed by atoms with Gasteiger partial charge in [0.25, 0.3) is 5.91 Å². The van der Waals surface area contributed by atoms with Crippen molar-refractivity contribution in [1.82, 2.24) is 25.2 Å². The van der Waals surface area contributed by atoms with Crippen LogP contribution in [0, 0.1) is 5.92 Å². The average molecular weight is 431 g/mol. The lowest BCUT2D eigenvalue weighted by Crippen LogP contribution is -2.45. The summed E-state index contributed by atoms with van der Waals surface area (Å²) in [4.78, 5) is 30.4. The molecule has 0 atom stereocenters. The van der Waals surface area contributed by atoms with Gasteiger partial charge in [0.1, 0.15) is 5.82 Å². The topological polar surface area (TPSA) is 77.2 Å². The van der Waals surface area contributed by atoms with Gasteiger partial charge in [-0.25, -0.2) is 9.97 Å². The number of imidazole rings is 1. The molecule has 2 saturated carbocycles. The number of fused-ring (bicyclic) bond motifs is 3. The molecule has 1 aromatic carbocycles. The second-order valence-electron chi connectivity index (χ2n) is 9.86. The molecule has 0 unspecified atom stereocenters. The first-order valence-electron chi connectivity index (χ1n) is 11.8. The second kappa shape index (κ2) is 7.59. The van der Waals surface area contributed by atoms with Gasteiger partial charge in [0.2, 0.25) is 0 Å². The van der Waals surface area contributed by atoms with Crippen molar-refractivity contribution in [2.24, 2.45) is 5.92 Å². The summed E-state index contributed by atoms with van der Waals surface area (Å²) in [6.07, 6.45) is 7.49. The number of nitrogens with zero attached hydrogens (tertiary/aromatic N) is 4. The van der Waals surface area contributed by atoms with Crippen molar-refractivity contribution in [2.75, 3.05) is 38.1 Å². The Bertz CT molecular complexity index is 1140. The van der Waals surface area contributed by atoms with E-state index in [1.165, 1.54) is 18.5 Å². The lowest BCUT2D eigenvalue weighted by molar-refractivity contribution is 0.0902. The molecule has 2 bridgehead atoms. The first-order valence-corrected chi connectivity index (χ1v) is 11.8. The number of anilines is 1. The number of aromatic nitrogens is 3. The fraction of sp³-hybridized carbons (Fsp3) is 0.480. The van der Waals surface area contributed by atoms with Crippen molar-refractivity contribution in [1.29, 1.82) is 0 Å². The highest BCUT2D eigenvalue weighted by atomic mass is 16.1. The van der Waals surface area contributed by atoms with Crippen molar-refractivity contribution in [3.8, 4) is 11.4 Å². The van der Waals surface area contributed by atoms with Crippen molar-refractivity contribution >= 4 is 22.8 Å². The molecule has 1 amide bonds. The minimum atomic E-state index is -0.0134. The molecule has 3 heterocycles. The molecule has 7 nitrogen and oxygen atoms in total. The molecule has 1 aliphatic heterocycles. The molecule has 2 N–H and O–H groups in total. The first-order chi connectivity index (χ1) is 15.6. The van der Waals surface area contributed by atoms with Crippen molar-refractivity contribution < 1.29 is 4.79 Å². The summed E-state index contributed by atoms with van der Waals surface area (Å²) in [5.41, 5.74) is 4.17. The minimum absolute atomic E-state index is 0.000709. The van der Waals surface area contributed by atoms with E-state index in [4.69, 9.17) is 0 Å². The van der Waals surface area contributed by atoms with Gasteiger partial charge in [-0.3, -0.25) is 4.79 Å². The maximum atomic E-state index is 13.2. The van der Waals surface area contributed by atoms with Crippen LogP contribution in [-0.4, -0.2) is 64.5 Å². The molecule has 166 valence electrons. The number of benzene rings is 1. The average Bonchev–Trinajstić information content (AvgIpc) is 3.53. The Morgan fingerprint density at radius 2 is 1.84 bits per heavy atom. The summed E-state index contributed by atoms with van der Waals surface area (Å²) in [5.74, 6) is 1.53. The van der Waals surface area contributed by atoms with Crippen LogP contribution in [0.15, 0.2) is 36.5 Å². The zero-order chi connectivity index (χ0) is 21.7. The number of hydrogen-bond donors (Lipinski definition) is 2. The van der Waals surface area contributed by atoms with Crippen molar-refractivity contribution in [3.05, 3.63) is 42.1 Å². The highest BCUT2D eigenvalue weighted by Crippen LogP contribution is 2.47. The molecule has 6 rings (SSSR count). The molecule has 1 saturated heterocycles. The molecule has 0 radical (unpaired) electrons. The van der Waals surface area contributed by atoms with E-state index in [2.05, 4.69) is 61.4 Å². The fourth-order valence-electron chi connectivity index (χ4n) is 5.81. The van der Waals surface area contributed by atoms with Crippen LogP contribution >= 0.6 is 0 Å². The van der Waals surface area contributed by atoms with E-state index in [1.54, 1.807) is 12.3 Å². The Morgan fingerprint density at radius 1 is 1.09 bits per heavy atom. The van der Waals surface area contributed by atoms with Gasteiger partial charge < -0.3 is 20.1 Å². The molecule has 3 aliphatic rings. The lowest BCUT2D eigenvalue weighted by atomic mass is 9.93. The number of amides is 1. The predicted molar refractivity (Wildman–Crippen MR) is 126 cm³/mol. The quantitative estimate of drug-likeness (QED) is 0.663. The number of pyridine rings is 1. The van der Waals surface area contributed by atoms with E-state index in [1.807, 2.05) is 0 Å². The number of carbonyl (C=O) groups excluding carboxylic acids is 1. The van der Waals surface area contributed by atoms with Gasteiger partial charge in [-0.05, 0) is 75.4 Å². The number of likely N-dealkylation sites (N-methyl/N-ethyl adjacent to an activating group) is 1. The van der Waals surface area contributed by atoms with Crippen molar-refractivity contribution in [2.45, 2.75) is 37.6 Å². The molecule has 3 aromatic rings. The zero-order valence-corrected chi connectivity index (χ0v) is 18.6. The van der Waals surface area contributed by atoms with E-state index in [-0.39, 0.29) is 11.4 Å². The summed E-state index contributed by atoms with van der Waals surface area (Å²) in [7, 11) is 2.17. The number of piperazine rings is 1. The molecule has 3 fully saturated rings. The maximum Gasteiger partial charge on any atom is 0.254 e. The molecular formula is C25H30N6O. The number of hydrogen-bond acceptors (Lipinski definition) is 5. The van der Waals surface area contributed by atoms with E-state index >= 15 is 0 Å². The van der Waals surface area contributed by atoms with Crippen LogP contribution in [-0.2, 0) is 0 Å². The van der Waals surface area contributed by atoms with Gasteiger partial charge in [-0.1, -0.05) is 0 Å². The van der Waals surface area contributed by atoms with Gasteiger partial charge in [-0.15, -0.1) is 0 Å². The van der Waals surface area contributed by atoms with Gasteiger partial charge in [0, 0.05) is 49.2 Å². The van der Waals surface area contributed by atoms with Crippen LogP contribution in [0.25, 0.3) is 22.6 Å². The van der Waals surface area contributed by atoms with Crippen molar-refractivity contribution in [3.63, 3.8) is 0 Å². The Labute approximate surface area is 188 Å². The van der Waals surface area contributed by atoms with E-state index in [0.717, 1.165) is 62.7 Å². The summed E-state index contributed by atoms with van der Waals surface area (Å²) >= 11 is 0. The van der Waals surface area contributed by atoms with Gasteiger partial charge in [0.15, 0.2) is 5.65 Å². The van der Waals surface area contributed by atoms with E-state index in [9.17, 15) is 4.79 Å². The SMILES string of the molecule is CN1CCN(c2ccc(-c3nc4nccc(C(=O)NC56CCC(CC5)C6)c4[nH]3)cc2)CC1. The molecule has 2 aromatic heterocycles. The number of carbonyl (C=O) groups is 1. The molecule has 0 spiro atoms. The van der Waals surface area contributed by atoms with Crippen LogP contribution in [0.3, 0.4) is 0 Å². The Hall–Kier alpha value is -2.93. The molecule has 32 heavy (non-hydrogen) atoms. The molecule has 7 heteroatoms. The Kier molecular flexibility index (Phi) is 4.68.